The van der Waals surface area contributed by atoms with Gasteiger partial charge in [-0.3, -0.25) is 4.98 Å². The predicted molar refractivity (Wildman–Crippen MR) is 114 cm³/mol. The maximum absolute atomic E-state index is 4.80. The van der Waals surface area contributed by atoms with Crippen LogP contribution in [0.15, 0.2) is 72.5 Å². The molecule has 0 spiro atoms. The van der Waals surface area contributed by atoms with Gasteiger partial charge in [0, 0.05) is 33.3 Å². The van der Waals surface area contributed by atoms with Gasteiger partial charge in [-0.05, 0) is 35.3 Å². The molecule has 0 aliphatic heterocycles. The van der Waals surface area contributed by atoms with Crippen LogP contribution < -0.4 is 10.6 Å². The van der Waals surface area contributed by atoms with Crippen molar-refractivity contribution in [2.75, 3.05) is 0 Å². The SMILES string of the molecule is C=c1/c(=C2\C(=C3\C=CC=CC3)c3ncccc3C2(C)C)[nH]c2ccccc12. The zero-order valence-electron chi connectivity index (χ0n) is 15.7. The molecule has 0 saturated carbocycles. The van der Waals surface area contributed by atoms with E-state index in [4.69, 9.17) is 4.98 Å². The van der Waals surface area contributed by atoms with Crippen LogP contribution in [-0.2, 0) is 5.41 Å². The highest BCUT2D eigenvalue weighted by atomic mass is 14.7. The van der Waals surface area contributed by atoms with E-state index in [0.29, 0.717) is 0 Å². The summed E-state index contributed by atoms with van der Waals surface area (Å²) in [4.78, 5) is 8.46. The minimum absolute atomic E-state index is 0.145. The van der Waals surface area contributed by atoms with Crippen LogP contribution in [0.2, 0.25) is 0 Å². The molecule has 1 N–H and O–H groups in total. The third-order valence-electron chi connectivity index (χ3n) is 5.86. The summed E-state index contributed by atoms with van der Waals surface area (Å²) in [6, 6.07) is 12.7. The molecule has 0 fully saturated rings. The Morgan fingerprint density at radius 1 is 1.07 bits per heavy atom. The number of nitrogens with zero attached hydrogens (tertiary/aromatic N) is 1. The summed E-state index contributed by atoms with van der Waals surface area (Å²) in [7, 11) is 0. The summed E-state index contributed by atoms with van der Waals surface area (Å²) < 4.78 is 0. The van der Waals surface area contributed by atoms with E-state index >= 15 is 0 Å². The highest BCUT2D eigenvalue weighted by Gasteiger charge is 2.41. The van der Waals surface area contributed by atoms with Crippen molar-refractivity contribution in [1.82, 2.24) is 9.97 Å². The fraction of sp³-hybridized carbons (Fsp3) is 0.160. The predicted octanol–water partition coefficient (Wildman–Crippen LogP) is 4.39. The van der Waals surface area contributed by atoms with Gasteiger partial charge in [-0.25, -0.2) is 0 Å². The number of nitrogens with one attached hydrogen (secondary N) is 1. The van der Waals surface area contributed by atoms with E-state index in [9.17, 15) is 0 Å². The number of pyridine rings is 1. The lowest BCUT2D eigenvalue weighted by atomic mass is 9.81. The maximum Gasteiger partial charge on any atom is 0.0749 e. The number of hydrogen-bond donors (Lipinski definition) is 1. The summed E-state index contributed by atoms with van der Waals surface area (Å²) in [6.45, 7) is 9.02. The molecule has 132 valence electrons. The molecule has 5 rings (SSSR count). The standard InChI is InChI=1S/C25H22N2/c1-16-18-12-7-8-14-20(18)27-23(16)22-21(17-10-5-4-6-11-17)24-19(25(22,2)3)13-9-15-26-24/h4-10,12-15,27H,1,11H2,2-3H3/b21-17+,23-22-. The Labute approximate surface area is 159 Å². The molecule has 3 aromatic rings. The molecular formula is C25H22N2. The number of allylic oxidation sites excluding steroid dienone is 6. The van der Waals surface area contributed by atoms with Crippen LogP contribution in [0.5, 0.6) is 0 Å². The molecule has 27 heavy (non-hydrogen) atoms. The third-order valence-corrected chi connectivity index (χ3v) is 5.86. The van der Waals surface area contributed by atoms with Crippen molar-refractivity contribution in [3.05, 3.63) is 94.3 Å². The van der Waals surface area contributed by atoms with Gasteiger partial charge >= 0.3 is 0 Å². The highest BCUT2D eigenvalue weighted by Crippen LogP contribution is 2.51. The Hall–Kier alpha value is -3.13. The van der Waals surface area contributed by atoms with Gasteiger partial charge in [0.25, 0.3) is 0 Å². The number of para-hydroxylation sites is 1. The molecule has 1 aromatic carbocycles. The Bertz CT molecular complexity index is 1280. The Morgan fingerprint density at radius 3 is 2.70 bits per heavy atom. The second-order valence-corrected chi connectivity index (χ2v) is 7.82. The molecule has 2 heterocycles. The molecule has 0 saturated heterocycles. The number of hydrogen-bond acceptors (Lipinski definition) is 1. The summed E-state index contributed by atoms with van der Waals surface area (Å²) >= 11 is 0. The van der Waals surface area contributed by atoms with Gasteiger partial charge in [0.05, 0.1) is 11.0 Å². The van der Waals surface area contributed by atoms with Crippen molar-refractivity contribution in [2.24, 2.45) is 0 Å². The van der Waals surface area contributed by atoms with Gasteiger partial charge in [0.1, 0.15) is 0 Å². The van der Waals surface area contributed by atoms with Gasteiger partial charge in [-0.15, -0.1) is 0 Å². The number of H-pyrrole nitrogens is 1. The summed E-state index contributed by atoms with van der Waals surface area (Å²) in [5.41, 5.74) is 7.24. The summed E-state index contributed by atoms with van der Waals surface area (Å²) in [5, 5.41) is 3.38. The van der Waals surface area contributed by atoms with Crippen LogP contribution >= 0.6 is 0 Å². The van der Waals surface area contributed by atoms with Crippen LogP contribution in [0.4, 0.5) is 0 Å². The van der Waals surface area contributed by atoms with Crippen LogP contribution in [0.1, 0.15) is 31.5 Å². The Morgan fingerprint density at radius 2 is 1.93 bits per heavy atom. The van der Waals surface area contributed by atoms with E-state index in [1.54, 1.807) is 0 Å². The third kappa shape index (κ3) is 2.23. The number of aromatic amines is 1. The van der Waals surface area contributed by atoms with Crippen LogP contribution in [0.3, 0.4) is 0 Å². The molecule has 0 radical (unpaired) electrons. The lowest BCUT2D eigenvalue weighted by Gasteiger charge is -2.22. The summed E-state index contributed by atoms with van der Waals surface area (Å²) in [5.74, 6) is 0. The fourth-order valence-corrected chi connectivity index (χ4v) is 4.54. The molecule has 0 unspecified atom stereocenters. The smallest absolute Gasteiger partial charge is 0.0749 e. The Balaban J connectivity index is 1.98. The van der Waals surface area contributed by atoms with E-state index in [0.717, 1.165) is 28.2 Å². The molecule has 0 atom stereocenters. The molecule has 2 aromatic heterocycles. The Kier molecular flexibility index (Phi) is 3.38. The number of benzene rings is 1. The van der Waals surface area contributed by atoms with Gasteiger partial charge in [0.15, 0.2) is 0 Å². The highest BCUT2D eigenvalue weighted by molar-refractivity contribution is 6.08. The topological polar surface area (TPSA) is 28.7 Å². The summed E-state index contributed by atoms with van der Waals surface area (Å²) in [6.07, 6.45) is 11.5. The molecule has 0 amide bonds. The molecule has 0 bridgehead atoms. The minimum Gasteiger partial charge on any atom is -0.354 e. The molecule has 2 heteroatoms. The quantitative estimate of drug-likeness (QED) is 0.640. The second kappa shape index (κ2) is 5.68. The lowest BCUT2D eigenvalue weighted by molar-refractivity contribution is 0.704. The number of rotatable bonds is 0. The van der Waals surface area contributed by atoms with E-state index < -0.39 is 0 Å². The first-order valence-corrected chi connectivity index (χ1v) is 9.42. The normalized spacial score (nSPS) is 22.4. The van der Waals surface area contributed by atoms with Gasteiger partial charge in [0.2, 0.25) is 0 Å². The van der Waals surface area contributed by atoms with Crippen molar-refractivity contribution >= 4 is 28.6 Å². The second-order valence-electron chi connectivity index (χ2n) is 7.82. The molecule has 2 nitrogen and oxygen atoms in total. The zero-order chi connectivity index (χ0) is 18.6. The van der Waals surface area contributed by atoms with E-state index in [2.05, 4.69) is 80.0 Å². The van der Waals surface area contributed by atoms with Gasteiger partial charge in [-0.2, -0.15) is 0 Å². The zero-order valence-corrected chi connectivity index (χ0v) is 15.7. The number of aromatic nitrogens is 2. The first-order valence-electron chi connectivity index (χ1n) is 9.42. The maximum atomic E-state index is 4.80. The molecule has 2 aliphatic carbocycles. The first kappa shape index (κ1) is 16.1. The van der Waals surface area contributed by atoms with Crippen LogP contribution in [-0.4, -0.2) is 9.97 Å². The van der Waals surface area contributed by atoms with Gasteiger partial charge in [-0.1, -0.05) is 69.0 Å². The van der Waals surface area contributed by atoms with E-state index in [-0.39, 0.29) is 5.41 Å². The van der Waals surface area contributed by atoms with E-state index in [1.807, 2.05) is 12.3 Å². The van der Waals surface area contributed by atoms with Crippen LogP contribution in [0.25, 0.3) is 28.6 Å². The van der Waals surface area contributed by atoms with Gasteiger partial charge < -0.3 is 4.98 Å². The van der Waals surface area contributed by atoms with Crippen molar-refractivity contribution < 1.29 is 0 Å². The minimum atomic E-state index is -0.145. The first-order chi connectivity index (χ1) is 13.1. The van der Waals surface area contributed by atoms with Crippen molar-refractivity contribution in [2.45, 2.75) is 25.7 Å². The average Bonchev–Trinajstić information content (AvgIpc) is 3.14. The molecule has 2 aliphatic rings. The number of fused-ring (bicyclic) bond motifs is 2. The van der Waals surface area contributed by atoms with E-state index in [1.165, 1.54) is 27.7 Å². The largest absolute Gasteiger partial charge is 0.354 e. The van der Waals surface area contributed by atoms with Crippen LogP contribution in [0, 0.1) is 0 Å². The average molecular weight is 350 g/mol. The van der Waals surface area contributed by atoms with Crippen molar-refractivity contribution in [1.29, 1.82) is 0 Å². The monoisotopic (exact) mass is 350 g/mol. The lowest BCUT2D eigenvalue weighted by Crippen LogP contribution is -2.30. The molecular weight excluding hydrogens is 328 g/mol. The van der Waals surface area contributed by atoms with Crippen molar-refractivity contribution in [3.8, 4) is 0 Å². The van der Waals surface area contributed by atoms with Crippen molar-refractivity contribution in [3.63, 3.8) is 0 Å². The fourth-order valence-electron chi connectivity index (χ4n) is 4.54.